The van der Waals surface area contributed by atoms with Crippen molar-refractivity contribution in [2.75, 3.05) is 13.2 Å². The highest BCUT2D eigenvalue weighted by Crippen LogP contribution is 2.12. The van der Waals surface area contributed by atoms with Gasteiger partial charge in [0.1, 0.15) is 13.2 Å². The topological polar surface area (TPSA) is 78.9 Å². The minimum atomic E-state index is -0.828. The number of ether oxygens (including phenoxy) is 3. The van der Waals surface area contributed by atoms with Crippen LogP contribution in [0.3, 0.4) is 0 Å². The Kier molecular flexibility index (Phi) is 43.6. The Bertz CT molecular complexity index is 1260. The van der Waals surface area contributed by atoms with Gasteiger partial charge >= 0.3 is 17.9 Å². The van der Waals surface area contributed by atoms with Crippen molar-refractivity contribution in [1.82, 2.24) is 0 Å². The summed E-state index contributed by atoms with van der Waals surface area (Å²) in [5, 5.41) is 0. The van der Waals surface area contributed by atoms with Gasteiger partial charge in [-0.05, 0) is 77.0 Å². The van der Waals surface area contributed by atoms with Gasteiger partial charge < -0.3 is 14.2 Å². The lowest BCUT2D eigenvalue weighted by Gasteiger charge is -2.18. The molecule has 0 spiro atoms. The Morgan fingerprint density at radius 3 is 1.19 bits per heavy atom. The molecule has 0 fully saturated rings. The molecule has 0 aliphatic heterocycles. The van der Waals surface area contributed by atoms with Gasteiger partial charge in [-0.3, -0.25) is 14.4 Å². The molecule has 0 aromatic carbocycles. The molecule has 0 aromatic rings. The van der Waals surface area contributed by atoms with Crippen LogP contribution >= 0.6 is 0 Å². The summed E-state index contributed by atoms with van der Waals surface area (Å²) in [5.74, 6) is -1.04. The van der Waals surface area contributed by atoms with Gasteiger partial charge in [0.15, 0.2) is 6.10 Å². The van der Waals surface area contributed by atoms with E-state index in [0.29, 0.717) is 19.3 Å². The van der Waals surface area contributed by atoms with Crippen LogP contribution in [0.2, 0.25) is 0 Å². The van der Waals surface area contributed by atoms with E-state index in [2.05, 4.69) is 75.5 Å². The highest BCUT2D eigenvalue weighted by Gasteiger charge is 2.19. The molecule has 0 amide bonds. The molecule has 0 saturated carbocycles. The lowest BCUT2D eigenvalue weighted by molar-refractivity contribution is -0.167. The number of esters is 3. The molecule has 0 aromatic heterocycles. The predicted octanol–water partition coefficient (Wildman–Crippen LogP) is 15.2. The summed E-state index contributed by atoms with van der Waals surface area (Å²) in [5.41, 5.74) is 0. The molecule has 6 nitrogen and oxygen atoms in total. The standard InChI is InChI=1S/C53H84O6/c1-4-7-10-13-16-19-22-24-25-26-27-28-30-31-34-37-40-43-46-52(55)58-49-50(48-57-51(54)45-42-39-36-33-21-18-15-12-9-6-3)59-53(56)47-44-41-38-35-32-29-23-20-17-14-11-8-5-2/h8,11,14-15,17-18,20,22-29,32,35,38,50H,4-7,9-10,12-13,16,19,21,30-31,33-34,36-37,39-49H2,1-3H3/b11-8-,17-14-,18-15-,23-20-,24-22-,26-25-,28-27-,32-29-,38-35-. The Balaban J connectivity index is 4.53. The number of carbonyl (C=O) groups is 3. The van der Waals surface area contributed by atoms with Gasteiger partial charge in [0.2, 0.25) is 0 Å². The molecule has 6 heteroatoms. The second kappa shape index (κ2) is 46.8. The van der Waals surface area contributed by atoms with Crippen molar-refractivity contribution >= 4 is 17.9 Å². The molecule has 0 saturated heterocycles. The van der Waals surface area contributed by atoms with Crippen molar-refractivity contribution in [2.24, 2.45) is 0 Å². The first-order chi connectivity index (χ1) is 29.0. The van der Waals surface area contributed by atoms with Gasteiger partial charge in [-0.1, -0.05) is 201 Å². The summed E-state index contributed by atoms with van der Waals surface area (Å²) in [6, 6.07) is 0. The molecule has 0 N–H and O–H groups in total. The fourth-order valence-electron chi connectivity index (χ4n) is 5.86. The van der Waals surface area contributed by atoms with Crippen LogP contribution in [0.1, 0.15) is 188 Å². The van der Waals surface area contributed by atoms with E-state index < -0.39 is 12.1 Å². The van der Waals surface area contributed by atoms with Crippen LogP contribution < -0.4 is 0 Å². The van der Waals surface area contributed by atoms with Crippen LogP contribution in [-0.4, -0.2) is 37.2 Å². The zero-order chi connectivity index (χ0) is 43.0. The monoisotopic (exact) mass is 817 g/mol. The average molecular weight is 817 g/mol. The second-order valence-electron chi connectivity index (χ2n) is 15.1. The predicted molar refractivity (Wildman–Crippen MR) is 251 cm³/mol. The molecular weight excluding hydrogens is 733 g/mol. The van der Waals surface area contributed by atoms with Crippen molar-refractivity contribution in [2.45, 2.75) is 194 Å². The van der Waals surface area contributed by atoms with E-state index in [0.717, 1.165) is 96.3 Å². The number of hydrogen-bond acceptors (Lipinski definition) is 6. The lowest BCUT2D eigenvalue weighted by Crippen LogP contribution is -2.30. The van der Waals surface area contributed by atoms with Gasteiger partial charge in [-0.15, -0.1) is 0 Å². The summed E-state index contributed by atoms with van der Waals surface area (Å²) < 4.78 is 16.6. The fourth-order valence-corrected chi connectivity index (χ4v) is 5.86. The molecule has 1 atom stereocenters. The van der Waals surface area contributed by atoms with Crippen molar-refractivity contribution in [3.8, 4) is 0 Å². The molecule has 0 radical (unpaired) electrons. The maximum atomic E-state index is 12.7. The van der Waals surface area contributed by atoms with Crippen molar-refractivity contribution in [3.05, 3.63) is 109 Å². The molecule has 0 heterocycles. The van der Waals surface area contributed by atoms with E-state index in [1.807, 2.05) is 54.7 Å². The molecule has 0 aliphatic rings. The molecule has 0 aliphatic carbocycles. The van der Waals surface area contributed by atoms with Gasteiger partial charge in [-0.2, -0.15) is 0 Å². The normalized spacial score (nSPS) is 13.1. The van der Waals surface area contributed by atoms with E-state index in [-0.39, 0.29) is 31.6 Å². The number of rotatable bonds is 40. The number of allylic oxidation sites excluding steroid dienone is 18. The van der Waals surface area contributed by atoms with Crippen LogP contribution in [0.15, 0.2) is 109 Å². The number of carbonyl (C=O) groups excluding carboxylic acids is 3. The first-order valence-corrected chi connectivity index (χ1v) is 23.5. The van der Waals surface area contributed by atoms with Crippen molar-refractivity contribution in [3.63, 3.8) is 0 Å². The number of hydrogen-bond donors (Lipinski definition) is 0. The average Bonchev–Trinajstić information content (AvgIpc) is 3.23. The van der Waals surface area contributed by atoms with Gasteiger partial charge in [-0.25, -0.2) is 0 Å². The Morgan fingerprint density at radius 2 is 0.712 bits per heavy atom. The smallest absolute Gasteiger partial charge is 0.306 e. The summed E-state index contributed by atoms with van der Waals surface area (Å²) in [4.78, 5) is 37.7. The quantitative estimate of drug-likeness (QED) is 0.0201. The third kappa shape index (κ3) is 45.0. The minimum absolute atomic E-state index is 0.122. The summed E-state index contributed by atoms with van der Waals surface area (Å²) in [7, 11) is 0. The largest absolute Gasteiger partial charge is 0.462 e. The van der Waals surface area contributed by atoms with Crippen molar-refractivity contribution < 1.29 is 28.6 Å². The van der Waals surface area contributed by atoms with Gasteiger partial charge in [0.05, 0.1) is 0 Å². The Labute approximate surface area is 361 Å². The maximum absolute atomic E-state index is 12.7. The summed E-state index contributed by atoms with van der Waals surface area (Å²) >= 11 is 0. The Hall–Kier alpha value is -3.93. The molecule has 0 rings (SSSR count). The van der Waals surface area contributed by atoms with E-state index in [1.165, 1.54) is 44.9 Å². The van der Waals surface area contributed by atoms with Gasteiger partial charge in [0, 0.05) is 19.3 Å². The van der Waals surface area contributed by atoms with Crippen LogP contribution in [-0.2, 0) is 28.6 Å². The van der Waals surface area contributed by atoms with E-state index in [9.17, 15) is 14.4 Å². The van der Waals surface area contributed by atoms with Crippen molar-refractivity contribution in [1.29, 1.82) is 0 Å². The first-order valence-electron chi connectivity index (χ1n) is 23.5. The molecular formula is C53H84O6. The zero-order valence-corrected chi connectivity index (χ0v) is 37.7. The van der Waals surface area contributed by atoms with Crippen LogP contribution in [0, 0.1) is 0 Å². The third-order valence-corrected chi connectivity index (χ3v) is 9.42. The van der Waals surface area contributed by atoms with E-state index in [1.54, 1.807) is 0 Å². The molecule has 332 valence electrons. The highest BCUT2D eigenvalue weighted by atomic mass is 16.6. The fraction of sp³-hybridized carbons (Fsp3) is 0.604. The molecule has 0 bridgehead atoms. The SMILES string of the molecule is CC\C=C/C=C\C=C/C=C\C=C/CCCC(=O)OC(COC(=O)CCCCCC/C=C\CCCC)COC(=O)CCCCCCC\C=C/C=C\C=C/CCCCCCC. The van der Waals surface area contributed by atoms with Crippen LogP contribution in [0.5, 0.6) is 0 Å². The third-order valence-electron chi connectivity index (χ3n) is 9.42. The molecule has 1 unspecified atom stereocenters. The second-order valence-corrected chi connectivity index (χ2v) is 15.1. The van der Waals surface area contributed by atoms with Crippen LogP contribution in [0.25, 0.3) is 0 Å². The lowest BCUT2D eigenvalue weighted by atomic mass is 10.1. The molecule has 59 heavy (non-hydrogen) atoms. The summed E-state index contributed by atoms with van der Waals surface area (Å²) in [6.07, 6.45) is 62.2. The summed E-state index contributed by atoms with van der Waals surface area (Å²) in [6.45, 7) is 6.31. The first kappa shape index (κ1) is 55.1. The van der Waals surface area contributed by atoms with E-state index in [4.69, 9.17) is 14.2 Å². The Morgan fingerprint density at radius 1 is 0.356 bits per heavy atom. The van der Waals surface area contributed by atoms with Crippen LogP contribution in [0.4, 0.5) is 0 Å². The van der Waals surface area contributed by atoms with E-state index >= 15 is 0 Å². The minimum Gasteiger partial charge on any atom is -0.462 e. The highest BCUT2D eigenvalue weighted by molar-refractivity contribution is 5.71. The van der Waals surface area contributed by atoms with Gasteiger partial charge in [0.25, 0.3) is 0 Å². The number of unbranched alkanes of at least 4 members (excludes halogenated alkanes) is 17. The maximum Gasteiger partial charge on any atom is 0.306 e. The zero-order valence-electron chi connectivity index (χ0n) is 37.7.